The maximum Gasteiger partial charge on any atom is 0.249 e. The number of primary amides is 1. The van der Waals surface area contributed by atoms with E-state index < -0.39 is 0 Å². The summed E-state index contributed by atoms with van der Waals surface area (Å²) in [5, 5.41) is 5.30. The molecule has 3 nitrogen and oxygen atoms in total. The molecule has 0 aromatic carbocycles. The van der Waals surface area contributed by atoms with E-state index >= 15 is 0 Å². The van der Waals surface area contributed by atoms with Gasteiger partial charge in [-0.2, -0.15) is 11.8 Å². The molecule has 0 radical (unpaired) electrons. The molecule has 0 aliphatic carbocycles. The Morgan fingerprint density at radius 2 is 2.24 bits per heavy atom. The zero-order chi connectivity index (χ0) is 12.1. The van der Waals surface area contributed by atoms with E-state index in [9.17, 15) is 4.79 Å². The third kappa shape index (κ3) is 4.01. The Morgan fingerprint density at radius 3 is 2.88 bits per heavy atom. The average molecular weight is 270 g/mol. The molecule has 1 aliphatic heterocycles. The second kappa shape index (κ2) is 6.42. The van der Waals surface area contributed by atoms with Gasteiger partial charge in [-0.15, -0.1) is 11.3 Å². The lowest BCUT2D eigenvalue weighted by Gasteiger charge is -2.21. The average Bonchev–Trinajstić information content (AvgIpc) is 2.79. The fraction of sp³-hybridized carbons (Fsp3) is 0.583. The quantitative estimate of drug-likeness (QED) is 0.861. The fourth-order valence-electron chi connectivity index (χ4n) is 1.95. The summed E-state index contributed by atoms with van der Waals surface area (Å²) in [6.07, 6.45) is 2.66. The number of thiophene rings is 1. The first-order chi connectivity index (χ1) is 8.25. The minimum atomic E-state index is -0.336. The number of thioether (sulfide) groups is 1. The van der Waals surface area contributed by atoms with Crippen molar-refractivity contribution in [2.45, 2.75) is 19.4 Å². The number of carbonyl (C=O) groups excluding carboxylic acids is 1. The molecule has 0 bridgehead atoms. The van der Waals surface area contributed by atoms with E-state index in [-0.39, 0.29) is 5.91 Å². The van der Waals surface area contributed by atoms with Crippen LogP contribution in [-0.2, 0) is 6.54 Å². The topological polar surface area (TPSA) is 55.1 Å². The van der Waals surface area contributed by atoms with Gasteiger partial charge in [0.15, 0.2) is 0 Å². The summed E-state index contributed by atoms with van der Waals surface area (Å²) in [6, 6.07) is 1.89. The first-order valence-corrected chi connectivity index (χ1v) is 7.95. The van der Waals surface area contributed by atoms with Gasteiger partial charge in [0.1, 0.15) is 0 Å². The van der Waals surface area contributed by atoms with Crippen molar-refractivity contribution < 1.29 is 4.79 Å². The first-order valence-electron chi connectivity index (χ1n) is 5.91. The van der Waals surface area contributed by atoms with Crippen molar-refractivity contribution in [2.75, 3.05) is 18.1 Å². The minimum absolute atomic E-state index is 0.336. The van der Waals surface area contributed by atoms with Crippen LogP contribution in [0.5, 0.6) is 0 Å². The highest BCUT2D eigenvalue weighted by atomic mass is 32.2. The van der Waals surface area contributed by atoms with E-state index in [0.717, 1.165) is 19.0 Å². The van der Waals surface area contributed by atoms with Crippen LogP contribution in [0, 0.1) is 5.92 Å². The SMILES string of the molecule is NC(=O)c1csc(CNCC2CCSCC2)c1. The monoisotopic (exact) mass is 270 g/mol. The van der Waals surface area contributed by atoms with E-state index in [1.807, 2.05) is 11.4 Å². The number of rotatable bonds is 5. The highest BCUT2D eigenvalue weighted by Crippen LogP contribution is 2.22. The molecule has 5 heteroatoms. The predicted octanol–water partition coefficient (Wildman–Crippen LogP) is 2.08. The Kier molecular flexibility index (Phi) is 4.88. The van der Waals surface area contributed by atoms with Crippen LogP contribution < -0.4 is 11.1 Å². The van der Waals surface area contributed by atoms with Gasteiger partial charge >= 0.3 is 0 Å². The van der Waals surface area contributed by atoms with Crippen molar-refractivity contribution in [1.29, 1.82) is 0 Å². The maximum atomic E-state index is 10.9. The van der Waals surface area contributed by atoms with Crippen molar-refractivity contribution in [3.63, 3.8) is 0 Å². The van der Waals surface area contributed by atoms with Crippen LogP contribution in [0.15, 0.2) is 11.4 Å². The van der Waals surface area contributed by atoms with Crippen molar-refractivity contribution in [1.82, 2.24) is 5.32 Å². The molecule has 1 aromatic rings. The zero-order valence-corrected chi connectivity index (χ0v) is 11.4. The molecule has 2 heterocycles. The number of nitrogens with two attached hydrogens (primary N) is 1. The summed E-state index contributed by atoms with van der Waals surface area (Å²) < 4.78 is 0. The van der Waals surface area contributed by atoms with Gasteiger partial charge in [-0.25, -0.2) is 0 Å². The van der Waals surface area contributed by atoms with Crippen LogP contribution in [0.25, 0.3) is 0 Å². The van der Waals surface area contributed by atoms with E-state index in [2.05, 4.69) is 17.1 Å². The van der Waals surface area contributed by atoms with Gasteiger partial charge in [0.2, 0.25) is 5.91 Å². The second-order valence-corrected chi connectivity index (χ2v) is 6.57. The van der Waals surface area contributed by atoms with Crippen LogP contribution in [0.3, 0.4) is 0 Å². The van der Waals surface area contributed by atoms with E-state index in [4.69, 9.17) is 5.73 Å². The van der Waals surface area contributed by atoms with Gasteiger partial charge < -0.3 is 11.1 Å². The van der Waals surface area contributed by atoms with E-state index in [0.29, 0.717) is 5.56 Å². The Morgan fingerprint density at radius 1 is 1.47 bits per heavy atom. The molecule has 0 atom stereocenters. The number of nitrogens with one attached hydrogen (secondary N) is 1. The lowest BCUT2D eigenvalue weighted by Crippen LogP contribution is -2.25. The molecule has 1 amide bonds. The molecule has 1 saturated heterocycles. The standard InChI is InChI=1S/C12H18N2OS2/c13-12(15)10-5-11(17-8-10)7-14-6-9-1-3-16-4-2-9/h5,8-9,14H,1-4,6-7H2,(H2,13,15). The van der Waals surface area contributed by atoms with Crippen LogP contribution >= 0.6 is 23.1 Å². The smallest absolute Gasteiger partial charge is 0.249 e. The van der Waals surface area contributed by atoms with Crippen LogP contribution in [0.4, 0.5) is 0 Å². The van der Waals surface area contributed by atoms with Crippen LogP contribution in [0.1, 0.15) is 28.1 Å². The summed E-state index contributed by atoms with van der Waals surface area (Å²) in [5.74, 6) is 3.09. The van der Waals surface area contributed by atoms with Crippen molar-refractivity contribution in [2.24, 2.45) is 11.7 Å². The maximum absolute atomic E-state index is 10.9. The molecule has 3 N–H and O–H groups in total. The Labute approximate surface area is 110 Å². The van der Waals surface area contributed by atoms with Crippen molar-refractivity contribution >= 4 is 29.0 Å². The Bertz CT molecular complexity index is 372. The molecular weight excluding hydrogens is 252 g/mol. The summed E-state index contributed by atoms with van der Waals surface area (Å²) in [6.45, 7) is 1.94. The number of hydrogen-bond acceptors (Lipinski definition) is 4. The predicted molar refractivity (Wildman–Crippen MR) is 74.6 cm³/mol. The molecule has 0 unspecified atom stereocenters. The molecule has 0 spiro atoms. The number of amides is 1. The van der Waals surface area contributed by atoms with Crippen LogP contribution in [0.2, 0.25) is 0 Å². The highest BCUT2D eigenvalue weighted by Gasteiger charge is 2.13. The zero-order valence-electron chi connectivity index (χ0n) is 9.78. The lowest BCUT2D eigenvalue weighted by molar-refractivity contribution is 0.100. The van der Waals surface area contributed by atoms with Crippen molar-refractivity contribution in [3.05, 3.63) is 21.9 Å². The summed E-state index contributed by atoms with van der Waals surface area (Å²) in [7, 11) is 0. The third-order valence-electron chi connectivity index (χ3n) is 3.01. The van der Waals surface area contributed by atoms with Gasteiger partial charge in [-0.1, -0.05) is 0 Å². The molecule has 17 heavy (non-hydrogen) atoms. The normalized spacial score (nSPS) is 17.2. The third-order valence-corrected chi connectivity index (χ3v) is 5.00. The van der Waals surface area contributed by atoms with Gasteiger partial charge in [-0.05, 0) is 42.9 Å². The molecule has 1 aliphatic rings. The summed E-state index contributed by atoms with van der Waals surface area (Å²) in [4.78, 5) is 12.1. The molecule has 1 fully saturated rings. The molecule has 0 saturated carbocycles. The second-order valence-electron chi connectivity index (χ2n) is 4.35. The summed E-state index contributed by atoms with van der Waals surface area (Å²) >= 11 is 3.65. The largest absolute Gasteiger partial charge is 0.366 e. The van der Waals surface area contributed by atoms with E-state index in [1.54, 1.807) is 11.3 Å². The Balaban J connectivity index is 1.71. The number of carbonyl (C=O) groups is 1. The van der Waals surface area contributed by atoms with E-state index in [1.165, 1.54) is 29.2 Å². The van der Waals surface area contributed by atoms with Gasteiger partial charge in [0.05, 0.1) is 5.56 Å². The van der Waals surface area contributed by atoms with Gasteiger partial charge in [0.25, 0.3) is 0 Å². The number of hydrogen-bond donors (Lipinski definition) is 2. The highest BCUT2D eigenvalue weighted by molar-refractivity contribution is 7.99. The van der Waals surface area contributed by atoms with Crippen molar-refractivity contribution in [3.8, 4) is 0 Å². The lowest BCUT2D eigenvalue weighted by atomic mass is 10.0. The molecule has 94 valence electrons. The molecular formula is C12H18N2OS2. The molecule has 2 rings (SSSR count). The minimum Gasteiger partial charge on any atom is -0.366 e. The first kappa shape index (κ1) is 12.9. The summed E-state index contributed by atoms with van der Waals surface area (Å²) in [5.41, 5.74) is 5.84. The Hall–Kier alpha value is -0.520. The fourth-order valence-corrected chi connectivity index (χ4v) is 4.00. The molecule has 1 aromatic heterocycles. The van der Waals surface area contributed by atoms with Gasteiger partial charge in [-0.3, -0.25) is 4.79 Å². The van der Waals surface area contributed by atoms with Gasteiger partial charge in [0, 0.05) is 16.8 Å². The van der Waals surface area contributed by atoms with Crippen LogP contribution in [-0.4, -0.2) is 24.0 Å².